The van der Waals surface area contributed by atoms with Crippen molar-refractivity contribution in [1.82, 2.24) is 10.0 Å². The van der Waals surface area contributed by atoms with E-state index in [1.165, 1.54) is 0 Å². The van der Waals surface area contributed by atoms with Crippen molar-refractivity contribution in [1.29, 1.82) is 0 Å². The maximum atomic E-state index is 12.2. The molecule has 1 aromatic carbocycles. The summed E-state index contributed by atoms with van der Waals surface area (Å²) in [5.41, 5.74) is 4.75. The number of hydrogen-bond donors (Lipinski definition) is 2. The van der Waals surface area contributed by atoms with Crippen molar-refractivity contribution < 1.29 is 13.2 Å². The highest BCUT2D eigenvalue weighted by atomic mass is 32.2. The van der Waals surface area contributed by atoms with Crippen LogP contribution in [0.1, 0.15) is 32.6 Å². The third-order valence-corrected chi connectivity index (χ3v) is 4.10. The number of carbonyl (C=O) groups is 1. The molecule has 6 heteroatoms. The van der Waals surface area contributed by atoms with Crippen LogP contribution in [-0.4, -0.2) is 33.7 Å². The number of benzene rings is 1. The normalized spacial score (nSPS) is 11.4. The Kier molecular flexibility index (Phi) is 5.30. The molecule has 0 aliphatic carbocycles. The smallest absolute Gasteiger partial charge is 0.251 e. The summed E-state index contributed by atoms with van der Waals surface area (Å²) in [4.78, 5) is 12.2. The van der Waals surface area contributed by atoms with Crippen LogP contribution >= 0.6 is 0 Å². The average Bonchev–Trinajstić information content (AvgIpc) is 2.31. The molecule has 1 rings (SSSR count). The molecule has 0 aliphatic heterocycles. The number of amides is 1. The number of hydrogen-bond acceptors (Lipinski definition) is 3. The van der Waals surface area contributed by atoms with Gasteiger partial charge in [-0.1, -0.05) is 6.07 Å². The van der Waals surface area contributed by atoms with Crippen LogP contribution in [0, 0.1) is 27.7 Å². The quantitative estimate of drug-likeness (QED) is 0.802. The van der Waals surface area contributed by atoms with Gasteiger partial charge in [-0.25, -0.2) is 13.1 Å². The molecule has 0 radical (unpaired) electrons. The highest BCUT2D eigenvalue weighted by molar-refractivity contribution is 7.88. The van der Waals surface area contributed by atoms with E-state index in [1.54, 1.807) is 0 Å². The lowest BCUT2D eigenvalue weighted by atomic mass is 9.94. The minimum absolute atomic E-state index is 0.165. The van der Waals surface area contributed by atoms with E-state index in [9.17, 15) is 13.2 Å². The second-order valence-corrected chi connectivity index (χ2v) is 6.89. The lowest BCUT2D eigenvalue weighted by molar-refractivity contribution is 0.0953. The van der Waals surface area contributed by atoms with Gasteiger partial charge < -0.3 is 5.32 Å². The van der Waals surface area contributed by atoms with Gasteiger partial charge in [0, 0.05) is 18.7 Å². The molecule has 0 atom stereocenters. The molecule has 0 saturated heterocycles. The SMILES string of the molecule is Cc1cc(C)c(C)c(C(=O)NCCNS(C)(=O)=O)c1C. The predicted octanol–water partition coefficient (Wildman–Crippen LogP) is 1.20. The summed E-state index contributed by atoms with van der Waals surface area (Å²) >= 11 is 0. The molecule has 0 heterocycles. The summed E-state index contributed by atoms with van der Waals surface area (Å²) in [5.74, 6) is -0.165. The number of rotatable bonds is 5. The fourth-order valence-corrected chi connectivity index (χ4v) is 2.53. The molecule has 0 spiro atoms. The van der Waals surface area contributed by atoms with Gasteiger partial charge in [0.2, 0.25) is 10.0 Å². The van der Waals surface area contributed by atoms with Gasteiger partial charge in [0.15, 0.2) is 0 Å². The van der Waals surface area contributed by atoms with Crippen molar-refractivity contribution in [2.24, 2.45) is 0 Å². The third kappa shape index (κ3) is 4.31. The third-order valence-electron chi connectivity index (χ3n) is 3.37. The molecule has 0 aliphatic rings. The zero-order valence-corrected chi connectivity index (χ0v) is 13.4. The fourth-order valence-electron chi connectivity index (χ4n) is 2.06. The van der Waals surface area contributed by atoms with Crippen LogP contribution in [0.15, 0.2) is 6.07 Å². The van der Waals surface area contributed by atoms with E-state index < -0.39 is 10.0 Å². The van der Waals surface area contributed by atoms with Crippen molar-refractivity contribution in [2.75, 3.05) is 19.3 Å². The van der Waals surface area contributed by atoms with Gasteiger partial charge in [-0.3, -0.25) is 4.79 Å². The summed E-state index contributed by atoms with van der Waals surface area (Å²) < 4.78 is 24.2. The van der Waals surface area contributed by atoms with Crippen LogP contribution in [-0.2, 0) is 10.0 Å². The first kappa shape index (κ1) is 16.7. The van der Waals surface area contributed by atoms with E-state index in [2.05, 4.69) is 16.1 Å². The zero-order valence-electron chi connectivity index (χ0n) is 12.6. The first-order valence-electron chi connectivity index (χ1n) is 6.43. The number of sulfonamides is 1. The van der Waals surface area contributed by atoms with Gasteiger partial charge in [-0.15, -0.1) is 0 Å². The van der Waals surface area contributed by atoms with Gasteiger partial charge in [0.1, 0.15) is 0 Å². The van der Waals surface area contributed by atoms with Crippen molar-refractivity contribution >= 4 is 15.9 Å². The summed E-state index contributed by atoms with van der Waals surface area (Å²) in [6.07, 6.45) is 1.09. The lowest BCUT2D eigenvalue weighted by Gasteiger charge is -2.15. The molecular weight excluding hydrogens is 276 g/mol. The van der Waals surface area contributed by atoms with Crippen LogP contribution < -0.4 is 10.0 Å². The molecule has 20 heavy (non-hydrogen) atoms. The lowest BCUT2D eigenvalue weighted by Crippen LogP contribution is -2.34. The van der Waals surface area contributed by atoms with Gasteiger partial charge in [0.05, 0.1) is 6.26 Å². The highest BCUT2D eigenvalue weighted by Crippen LogP contribution is 2.21. The first-order valence-corrected chi connectivity index (χ1v) is 8.33. The van der Waals surface area contributed by atoms with Gasteiger partial charge in [0.25, 0.3) is 5.91 Å². The van der Waals surface area contributed by atoms with E-state index >= 15 is 0 Å². The van der Waals surface area contributed by atoms with Crippen LogP contribution in [0.3, 0.4) is 0 Å². The Bertz CT molecular complexity index is 596. The monoisotopic (exact) mass is 298 g/mol. The van der Waals surface area contributed by atoms with Gasteiger partial charge >= 0.3 is 0 Å². The highest BCUT2D eigenvalue weighted by Gasteiger charge is 2.15. The molecular formula is C14H22N2O3S. The molecule has 0 saturated carbocycles. The molecule has 0 unspecified atom stereocenters. The first-order chi connectivity index (χ1) is 9.13. The number of carbonyl (C=O) groups excluding carboxylic acids is 1. The predicted molar refractivity (Wildman–Crippen MR) is 80.6 cm³/mol. The summed E-state index contributed by atoms with van der Waals surface area (Å²) in [5, 5.41) is 2.74. The second-order valence-electron chi connectivity index (χ2n) is 5.06. The van der Waals surface area contributed by atoms with Crippen LogP contribution in [0.25, 0.3) is 0 Å². The van der Waals surface area contributed by atoms with E-state index in [-0.39, 0.29) is 19.0 Å². The molecule has 1 amide bonds. The Morgan fingerprint density at radius 2 is 1.55 bits per heavy atom. The van der Waals surface area contributed by atoms with Gasteiger partial charge in [-0.05, 0) is 49.9 Å². The summed E-state index contributed by atoms with van der Waals surface area (Å²) in [7, 11) is -3.22. The van der Waals surface area contributed by atoms with E-state index in [4.69, 9.17) is 0 Å². The largest absolute Gasteiger partial charge is 0.351 e. The number of nitrogens with one attached hydrogen (secondary N) is 2. The Labute approximate surface area is 120 Å². The van der Waals surface area contributed by atoms with Crippen molar-refractivity contribution in [3.63, 3.8) is 0 Å². The molecule has 0 fully saturated rings. The molecule has 1 aromatic rings. The molecule has 0 aromatic heterocycles. The maximum absolute atomic E-state index is 12.2. The van der Waals surface area contributed by atoms with Crippen molar-refractivity contribution in [3.8, 4) is 0 Å². The topological polar surface area (TPSA) is 75.3 Å². The second kappa shape index (κ2) is 6.37. The minimum atomic E-state index is -3.22. The molecule has 112 valence electrons. The Hall–Kier alpha value is -1.40. The standard InChI is InChI=1S/C14H22N2O3S/c1-9-8-10(2)12(4)13(11(9)3)14(17)15-6-7-16-20(5,18)19/h8,16H,6-7H2,1-5H3,(H,15,17). The Morgan fingerprint density at radius 3 is 2.00 bits per heavy atom. The molecule has 2 N–H and O–H groups in total. The molecule has 0 bridgehead atoms. The van der Waals surface area contributed by atoms with Crippen LogP contribution in [0.2, 0.25) is 0 Å². The number of aryl methyl sites for hydroxylation is 2. The van der Waals surface area contributed by atoms with E-state index in [1.807, 2.05) is 27.7 Å². The Morgan fingerprint density at radius 1 is 1.05 bits per heavy atom. The minimum Gasteiger partial charge on any atom is -0.351 e. The van der Waals surface area contributed by atoms with E-state index in [0.29, 0.717) is 5.56 Å². The van der Waals surface area contributed by atoms with Crippen LogP contribution in [0.4, 0.5) is 0 Å². The van der Waals surface area contributed by atoms with Crippen LogP contribution in [0.5, 0.6) is 0 Å². The fraction of sp³-hybridized carbons (Fsp3) is 0.500. The van der Waals surface area contributed by atoms with Crippen molar-refractivity contribution in [2.45, 2.75) is 27.7 Å². The maximum Gasteiger partial charge on any atom is 0.251 e. The van der Waals surface area contributed by atoms with E-state index in [0.717, 1.165) is 28.5 Å². The van der Waals surface area contributed by atoms with Gasteiger partial charge in [-0.2, -0.15) is 0 Å². The zero-order chi connectivity index (χ0) is 15.5. The summed E-state index contributed by atoms with van der Waals surface area (Å²) in [6, 6.07) is 2.06. The molecule has 5 nitrogen and oxygen atoms in total. The van der Waals surface area contributed by atoms with Crippen molar-refractivity contribution in [3.05, 3.63) is 33.9 Å². The summed E-state index contributed by atoms with van der Waals surface area (Å²) in [6.45, 7) is 8.25. The average molecular weight is 298 g/mol. The Balaban J connectivity index is 2.79.